The molecule has 0 saturated carbocycles. The van der Waals surface area contributed by atoms with Crippen molar-refractivity contribution in [1.82, 2.24) is 9.88 Å². The summed E-state index contributed by atoms with van der Waals surface area (Å²) in [4.78, 5) is 20.3. The minimum Gasteiger partial charge on any atom is -0.378 e. The fourth-order valence-corrected chi connectivity index (χ4v) is 3.19. The Bertz CT molecular complexity index is 588. The van der Waals surface area contributed by atoms with Gasteiger partial charge in [-0.25, -0.2) is 4.98 Å². The van der Waals surface area contributed by atoms with Gasteiger partial charge in [0.15, 0.2) is 0 Å². The van der Waals surface area contributed by atoms with Crippen molar-refractivity contribution in [3.8, 4) is 0 Å². The summed E-state index contributed by atoms with van der Waals surface area (Å²) in [5.41, 5.74) is 0.363. The summed E-state index contributed by atoms with van der Waals surface area (Å²) >= 11 is 0. The lowest BCUT2D eigenvalue weighted by molar-refractivity contribution is -0.184. The Balaban J connectivity index is 1.79. The van der Waals surface area contributed by atoms with Crippen molar-refractivity contribution in [2.75, 3.05) is 44.3 Å². The number of carbonyl (C=O) groups is 1. The molecular weight excluding hydrogens is 323 g/mol. The van der Waals surface area contributed by atoms with Crippen LogP contribution in [0.3, 0.4) is 0 Å². The molecule has 1 aromatic rings. The van der Waals surface area contributed by atoms with E-state index in [1.807, 2.05) is 4.90 Å². The third-order valence-corrected chi connectivity index (χ3v) is 4.50. The molecule has 1 amide bonds. The van der Waals surface area contributed by atoms with Gasteiger partial charge in [-0.05, 0) is 25.0 Å². The molecule has 2 aliphatic rings. The number of ether oxygens (including phenoxy) is 1. The van der Waals surface area contributed by atoms with Gasteiger partial charge in [0.1, 0.15) is 5.82 Å². The molecule has 24 heavy (non-hydrogen) atoms. The number of alkyl halides is 3. The molecular formula is C16H20F3N3O2. The van der Waals surface area contributed by atoms with Crippen molar-refractivity contribution >= 4 is 11.7 Å². The number of likely N-dealkylation sites (tertiary alicyclic amines) is 1. The number of hydrogen-bond acceptors (Lipinski definition) is 4. The van der Waals surface area contributed by atoms with Crippen molar-refractivity contribution < 1.29 is 22.7 Å². The number of carbonyl (C=O) groups excluding carboxylic acids is 1. The molecule has 2 fully saturated rings. The minimum atomic E-state index is -4.26. The van der Waals surface area contributed by atoms with E-state index in [9.17, 15) is 18.0 Å². The predicted molar refractivity (Wildman–Crippen MR) is 82.0 cm³/mol. The zero-order valence-electron chi connectivity index (χ0n) is 13.3. The first kappa shape index (κ1) is 17.0. The molecule has 2 saturated heterocycles. The highest BCUT2D eigenvalue weighted by atomic mass is 19.4. The van der Waals surface area contributed by atoms with Crippen LogP contribution in [-0.4, -0.2) is 61.4 Å². The third-order valence-electron chi connectivity index (χ3n) is 4.50. The van der Waals surface area contributed by atoms with Crippen LogP contribution in [0.15, 0.2) is 18.3 Å². The number of nitrogens with zero attached hydrogens (tertiary/aromatic N) is 3. The van der Waals surface area contributed by atoms with E-state index in [0.717, 1.165) is 0 Å². The quantitative estimate of drug-likeness (QED) is 0.827. The summed E-state index contributed by atoms with van der Waals surface area (Å²) in [6, 6.07) is 3.28. The fourth-order valence-electron chi connectivity index (χ4n) is 3.19. The molecule has 8 heteroatoms. The molecule has 2 aliphatic heterocycles. The smallest absolute Gasteiger partial charge is 0.378 e. The average Bonchev–Trinajstić information content (AvgIpc) is 2.61. The summed E-state index contributed by atoms with van der Waals surface area (Å²) in [5.74, 6) is -1.29. The Labute approximate surface area is 138 Å². The van der Waals surface area contributed by atoms with Gasteiger partial charge in [0.2, 0.25) is 0 Å². The van der Waals surface area contributed by atoms with Gasteiger partial charge in [-0.15, -0.1) is 0 Å². The van der Waals surface area contributed by atoms with E-state index >= 15 is 0 Å². The topological polar surface area (TPSA) is 45.7 Å². The lowest BCUT2D eigenvalue weighted by atomic mass is 9.97. The largest absolute Gasteiger partial charge is 0.393 e. The van der Waals surface area contributed by atoms with Gasteiger partial charge >= 0.3 is 6.18 Å². The van der Waals surface area contributed by atoms with Gasteiger partial charge in [0.25, 0.3) is 5.91 Å². The molecule has 3 rings (SSSR count). The lowest BCUT2D eigenvalue weighted by Gasteiger charge is -2.35. The van der Waals surface area contributed by atoms with Crippen LogP contribution < -0.4 is 4.90 Å². The number of amides is 1. The molecule has 0 bridgehead atoms. The molecule has 0 N–H and O–H groups in total. The fraction of sp³-hybridized carbons (Fsp3) is 0.625. The average molecular weight is 343 g/mol. The Kier molecular flexibility index (Phi) is 4.93. The second kappa shape index (κ2) is 6.96. The van der Waals surface area contributed by atoms with E-state index in [4.69, 9.17) is 4.74 Å². The van der Waals surface area contributed by atoms with Crippen LogP contribution in [-0.2, 0) is 4.74 Å². The maximum atomic E-state index is 13.0. The molecule has 0 spiro atoms. The zero-order valence-corrected chi connectivity index (χ0v) is 13.3. The lowest BCUT2D eigenvalue weighted by Crippen LogP contribution is -2.45. The van der Waals surface area contributed by atoms with Gasteiger partial charge in [-0.1, -0.05) is 0 Å². The van der Waals surface area contributed by atoms with E-state index in [1.165, 1.54) is 4.90 Å². The SMILES string of the molecule is O=C(c1cccnc1N1CCOCC1)N1CCC[C@H](C(F)(F)F)C1. The van der Waals surface area contributed by atoms with Gasteiger partial charge in [-0.3, -0.25) is 4.79 Å². The number of halogens is 3. The van der Waals surface area contributed by atoms with Crippen molar-refractivity contribution in [1.29, 1.82) is 0 Å². The zero-order chi connectivity index (χ0) is 17.2. The van der Waals surface area contributed by atoms with E-state index in [2.05, 4.69) is 4.98 Å². The van der Waals surface area contributed by atoms with Crippen LogP contribution in [0.2, 0.25) is 0 Å². The Morgan fingerprint density at radius 2 is 2.00 bits per heavy atom. The number of piperidine rings is 1. The number of rotatable bonds is 2. The van der Waals surface area contributed by atoms with Gasteiger partial charge < -0.3 is 14.5 Å². The van der Waals surface area contributed by atoms with Crippen LogP contribution in [0.5, 0.6) is 0 Å². The number of pyridine rings is 1. The number of hydrogen-bond donors (Lipinski definition) is 0. The first-order chi connectivity index (χ1) is 11.5. The predicted octanol–water partition coefficient (Wildman–Crippen LogP) is 2.33. The first-order valence-corrected chi connectivity index (χ1v) is 8.10. The first-order valence-electron chi connectivity index (χ1n) is 8.10. The monoisotopic (exact) mass is 343 g/mol. The van der Waals surface area contributed by atoms with Gasteiger partial charge in [-0.2, -0.15) is 13.2 Å². The molecule has 0 radical (unpaired) electrons. The maximum absolute atomic E-state index is 13.0. The van der Waals surface area contributed by atoms with Crippen LogP contribution in [0.25, 0.3) is 0 Å². The second-order valence-electron chi connectivity index (χ2n) is 6.11. The summed E-state index contributed by atoms with van der Waals surface area (Å²) in [6.07, 6.45) is -2.23. The van der Waals surface area contributed by atoms with Crippen molar-refractivity contribution in [2.45, 2.75) is 19.0 Å². The maximum Gasteiger partial charge on any atom is 0.393 e. The highest BCUT2D eigenvalue weighted by molar-refractivity contribution is 5.99. The molecule has 0 aromatic carbocycles. The van der Waals surface area contributed by atoms with Gasteiger partial charge in [0.05, 0.1) is 24.7 Å². The van der Waals surface area contributed by atoms with Crippen molar-refractivity contribution in [2.24, 2.45) is 5.92 Å². The highest BCUT2D eigenvalue weighted by Gasteiger charge is 2.43. The summed E-state index contributed by atoms with van der Waals surface area (Å²) in [7, 11) is 0. The van der Waals surface area contributed by atoms with Crippen LogP contribution in [0, 0.1) is 5.92 Å². The summed E-state index contributed by atoms with van der Waals surface area (Å²) < 4.78 is 44.2. The molecule has 5 nitrogen and oxygen atoms in total. The van der Waals surface area contributed by atoms with Crippen LogP contribution in [0.1, 0.15) is 23.2 Å². The third kappa shape index (κ3) is 3.63. The minimum absolute atomic E-state index is 0.0800. The number of anilines is 1. The number of aromatic nitrogens is 1. The Morgan fingerprint density at radius 1 is 1.25 bits per heavy atom. The molecule has 0 aliphatic carbocycles. The van der Waals surface area contributed by atoms with Crippen LogP contribution >= 0.6 is 0 Å². The van der Waals surface area contributed by atoms with E-state index in [-0.39, 0.29) is 18.9 Å². The van der Waals surface area contributed by atoms with Crippen molar-refractivity contribution in [3.63, 3.8) is 0 Å². The molecule has 1 atom stereocenters. The van der Waals surface area contributed by atoms with Gasteiger partial charge in [0, 0.05) is 32.4 Å². The van der Waals surface area contributed by atoms with E-state index in [1.54, 1.807) is 18.3 Å². The molecule has 3 heterocycles. The Morgan fingerprint density at radius 3 is 2.71 bits per heavy atom. The summed E-state index contributed by atoms with van der Waals surface area (Å²) in [6.45, 7) is 2.39. The Hall–Kier alpha value is -1.83. The van der Waals surface area contributed by atoms with Crippen molar-refractivity contribution in [3.05, 3.63) is 23.9 Å². The van der Waals surface area contributed by atoms with E-state index in [0.29, 0.717) is 50.7 Å². The number of morpholine rings is 1. The molecule has 132 valence electrons. The van der Waals surface area contributed by atoms with E-state index < -0.39 is 12.1 Å². The summed E-state index contributed by atoms with van der Waals surface area (Å²) in [5, 5.41) is 0. The van der Waals surface area contributed by atoms with Crippen LogP contribution in [0.4, 0.5) is 19.0 Å². The molecule has 1 aromatic heterocycles. The molecule has 0 unspecified atom stereocenters. The second-order valence-corrected chi connectivity index (χ2v) is 6.11. The highest BCUT2D eigenvalue weighted by Crippen LogP contribution is 2.34. The standard InChI is InChI=1S/C16H20F3N3O2/c17-16(18,19)12-3-2-6-22(11-12)15(23)13-4-1-5-20-14(13)21-7-9-24-10-8-21/h1,4-5,12H,2-3,6-11H2/t12-/m0/s1. The normalized spacial score (nSPS) is 22.5.